The van der Waals surface area contributed by atoms with Gasteiger partial charge in [0.25, 0.3) is 0 Å². The second kappa shape index (κ2) is 8.55. The average molecular weight is 394 g/mol. The summed E-state index contributed by atoms with van der Waals surface area (Å²) in [7, 11) is 0. The molecule has 0 aliphatic carbocycles. The third kappa shape index (κ3) is 4.06. The van der Waals surface area contributed by atoms with Crippen LogP contribution in [0.5, 0.6) is 0 Å². The molecule has 8 heteroatoms. The number of nitrogens with one attached hydrogen (secondary N) is 1. The van der Waals surface area contributed by atoms with Crippen molar-refractivity contribution in [1.29, 1.82) is 0 Å². The van der Waals surface area contributed by atoms with Crippen LogP contribution in [-0.2, 0) is 16.0 Å². The molecule has 0 bridgehead atoms. The number of rotatable bonds is 6. The van der Waals surface area contributed by atoms with E-state index in [1.54, 1.807) is 24.7 Å². The maximum atomic E-state index is 12.9. The molecule has 0 spiro atoms. The van der Waals surface area contributed by atoms with Gasteiger partial charge in [0, 0.05) is 43.9 Å². The van der Waals surface area contributed by atoms with Crippen molar-refractivity contribution in [1.82, 2.24) is 25.2 Å². The second-order valence-corrected chi connectivity index (χ2v) is 7.60. The Morgan fingerprint density at radius 2 is 2.07 bits per heavy atom. The van der Waals surface area contributed by atoms with Crippen LogP contribution in [0, 0.1) is 5.92 Å². The van der Waals surface area contributed by atoms with Gasteiger partial charge in [0.15, 0.2) is 0 Å². The number of fused-ring (bicyclic) bond motifs is 1. The Morgan fingerprint density at radius 3 is 2.79 bits per heavy atom. The van der Waals surface area contributed by atoms with Crippen molar-refractivity contribution in [2.75, 3.05) is 24.5 Å². The molecule has 152 valence electrons. The molecule has 2 aromatic rings. The minimum absolute atomic E-state index is 0.0130. The number of hydrogen-bond acceptors (Lipinski definition) is 6. The van der Waals surface area contributed by atoms with Crippen molar-refractivity contribution in [2.45, 2.75) is 38.3 Å². The van der Waals surface area contributed by atoms with Gasteiger partial charge in [-0.3, -0.25) is 14.6 Å². The van der Waals surface area contributed by atoms with E-state index >= 15 is 0 Å². The first-order valence-electron chi connectivity index (χ1n) is 10.2. The van der Waals surface area contributed by atoms with E-state index in [0.29, 0.717) is 25.5 Å². The molecule has 2 aromatic heterocycles. The summed E-state index contributed by atoms with van der Waals surface area (Å²) in [5.41, 5.74) is 1.09. The molecule has 2 amide bonds. The summed E-state index contributed by atoms with van der Waals surface area (Å²) in [5.74, 6) is 0.467. The Morgan fingerprint density at radius 1 is 1.24 bits per heavy atom. The third-order valence-corrected chi connectivity index (χ3v) is 5.81. The van der Waals surface area contributed by atoms with Crippen molar-refractivity contribution in [2.24, 2.45) is 5.92 Å². The fraction of sp³-hybridized carbons (Fsp3) is 0.476. The first kappa shape index (κ1) is 19.3. The van der Waals surface area contributed by atoms with E-state index < -0.39 is 0 Å². The fourth-order valence-electron chi connectivity index (χ4n) is 4.52. The number of carbonyl (C=O) groups is 2. The second-order valence-electron chi connectivity index (χ2n) is 7.60. The highest BCUT2D eigenvalue weighted by Gasteiger charge is 2.48. The Kier molecular flexibility index (Phi) is 5.69. The molecule has 1 N–H and O–H groups in total. The quantitative estimate of drug-likeness (QED) is 0.787. The van der Waals surface area contributed by atoms with E-state index in [2.05, 4.69) is 20.3 Å². The highest BCUT2D eigenvalue weighted by molar-refractivity contribution is 5.86. The molecule has 2 unspecified atom stereocenters. The summed E-state index contributed by atoms with van der Waals surface area (Å²) >= 11 is 0. The highest BCUT2D eigenvalue weighted by Crippen LogP contribution is 2.35. The van der Waals surface area contributed by atoms with Crippen LogP contribution in [0.15, 0.2) is 43.0 Å². The predicted octanol–water partition coefficient (Wildman–Crippen LogP) is 1.05. The van der Waals surface area contributed by atoms with Crippen LogP contribution in [-0.4, -0.2) is 63.4 Å². The summed E-state index contributed by atoms with van der Waals surface area (Å²) in [5, 5.41) is 3.06. The average Bonchev–Trinajstić information content (AvgIpc) is 3.14. The smallest absolute Gasteiger partial charge is 0.242 e. The molecule has 2 aliphatic rings. The molecule has 2 saturated heterocycles. The van der Waals surface area contributed by atoms with Gasteiger partial charge >= 0.3 is 0 Å². The van der Waals surface area contributed by atoms with Gasteiger partial charge in [0.05, 0.1) is 12.0 Å². The summed E-state index contributed by atoms with van der Waals surface area (Å²) in [6.07, 6.45) is 9.10. The molecule has 8 nitrogen and oxygen atoms in total. The van der Waals surface area contributed by atoms with Crippen molar-refractivity contribution in [3.63, 3.8) is 0 Å². The van der Waals surface area contributed by atoms with Crippen LogP contribution >= 0.6 is 0 Å². The molecule has 0 radical (unpaired) electrons. The lowest BCUT2D eigenvalue weighted by Crippen LogP contribution is -2.56. The van der Waals surface area contributed by atoms with Gasteiger partial charge in [-0.1, -0.05) is 13.0 Å². The number of amides is 2. The van der Waals surface area contributed by atoms with Crippen molar-refractivity contribution < 1.29 is 9.59 Å². The maximum absolute atomic E-state index is 12.9. The molecule has 29 heavy (non-hydrogen) atoms. The first-order valence-corrected chi connectivity index (χ1v) is 10.2. The van der Waals surface area contributed by atoms with Gasteiger partial charge in [0.1, 0.15) is 6.54 Å². The van der Waals surface area contributed by atoms with E-state index in [9.17, 15) is 9.59 Å². The number of anilines is 1. The Bertz CT molecular complexity index is 847. The summed E-state index contributed by atoms with van der Waals surface area (Å²) in [4.78, 5) is 42.3. The van der Waals surface area contributed by atoms with Crippen LogP contribution in [0.25, 0.3) is 0 Å². The Labute approximate surface area is 170 Å². The lowest BCUT2D eigenvalue weighted by molar-refractivity contribution is -0.135. The molecule has 2 aliphatic heterocycles. The molecular weight excluding hydrogens is 368 g/mol. The molecule has 4 heterocycles. The first-order chi connectivity index (χ1) is 14.2. The fourth-order valence-corrected chi connectivity index (χ4v) is 4.52. The van der Waals surface area contributed by atoms with Gasteiger partial charge in [0.2, 0.25) is 17.8 Å². The van der Waals surface area contributed by atoms with E-state index in [-0.39, 0.29) is 36.4 Å². The van der Waals surface area contributed by atoms with Crippen LogP contribution in [0.3, 0.4) is 0 Å². The van der Waals surface area contributed by atoms with Gasteiger partial charge < -0.3 is 15.1 Å². The van der Waals surface area contributed by atoms with E-state index in [1.165, 1.54) is 0 Å². The van der Waals surface area contributed by atoms with Gasteiger partial charge in [-0.25, -0.2) is 9.97 Å². The van der Waals surface area contributed by atoms with Crippen molar-refractivity contribution in [3.8, 4) is 0 Å². The Hall–Kier alpha value is -3.03. The molecule has 2 fully saturated rings. The molecule has 3 atom stereocenters. The third-order valence-electron chi connectivity index (χ3n) is 5.81. The predicted molar refractivity (Wildman–Crippen MR) is 108 cm³/mol. The minimum Gasteiger partial charge on any atom is -0.355 e. The Balaban J connectivity index is 1.40. The molecule has 0 saturated carbocycles. The maximum Gasteiger partial charge on any atom is 0.242 e. The molecule has 4 rings (SSSR count). The van der Waals surface area contributed by atoms with Gasteiger partial charge in [-0.2, -0.15) is 0 Å². The molecule has 0 aromatic carbocycles. The van der Waals surface area contributed by atoms with Crippen LogP contribution < -0.4 is 10.2 Å². The lowest BCUT2D eigenvalue weighted by Gasteiger charge is -2.39. The van der Waals surface area contributed by atoms with Gasteiger partial charge in [-0.15, -0.1) is 0 Å². The van der Waals surface area contributed by atoms with Crippen molar-refractivity contribution >= 4 is 17.8 Å². The monoisotopic (exact) mass is 394 g/mol. The summed E-state index contributed by atoms with van der Waals surface area (Å²) in [6.45, 7) is 3.53. The highest BCUT2D eigenvalue weighted by atomic mass is 16.2. The number of aromatic nitrogens is 3. The van der Waals surface area contributed by atoms with E-state index in [0.717, 1.165) is 18.4 Å². The normalized spacial score (nSPS) is 23.8. The zero-order valence-corrected chi connectivity index (χ0v) is 16.6. The summed E-state index contributed by atoms with van der Waals surface area (Å²) in [6, 6.07) is 5.62. The number of pyridine rings is 1. The number of piperazine rings is 1. The van der Waals surface area contributed by atoms with Crippen LogP contribution in [0.2, 0.25) is 0 Å². The number of carbonyl (C=O) groups excluding carboxylic acids is 2. The van der Waals surface area contributed by atoms with Crippen LogP contribution in [0.4, 0.5) is 5.95 Å². The van der Waals surface area contributed by atoms with Crippen molar-refractivity contribution in [3.05, 3.63) is 48.5 Å². The standard InChI is InChI=1S/C21H26N6O2/c1-2-18-17(20(29)23-10-6-15-5-3-7-22-12-15)11-16-13-26(14-19(28)27(16)18)21-24-8-4-9-25-21/h3-5,7-9,12,16-18H,2,6,10-11,13-14H2,1H3,(H,23,29)/t16-,17?,18?/m1/s1. The number of nitrogens with zero attached hydrogens (tertiary/aromatic N) is 5. The van der Waals surface area contributed by atoms with Crippen LogP contribution in [0.1, 0.15) is 25.3 Å². The topological polar surface area (TPSA) is 91.3 Å². The van der Waals surface area contributed by atoms with E-state index in [1.807, 2.05) is 35.1 Å². The zero-order chi connectivity index (χ0) is 20.2. The minimum atomic E-state index is -0.181. The lowest BCUT2D eigenvalue weighted by atomic mass is 9.96. The summed E-state index contributed by atoms with van der Waals surface area (Å²) < 4.78 is 0. The molecular formula is C21H26N6O2. The van der Waals surface area contributed by atoms with E-state index in [4.69, 9.17) is 0 Å². The largest absolute Gasteiger partial charge is 0.355 e. The number of hydrogen-bond donors (Lipinski definition) is 1. The SMILES string of the molecule is CCC1C(C(=O)NCCc2cccnc2)C[C@@H]2CN(c3ncccn3)CC(=O)N12. The van der Waals surface area contributed by atoms with Gasteiger partial charge in [-0.05, 0) is 37.0 Å². The zero-order valence-electron chi connectivity index (χ0n) is 16.6.